The Bertz CT molecular complexity index is 386. The molecule has 0 aliphatic rings. The second kappa shape index (κ2) is 6.23. The lowest BCUT2D eigenvalue weighted by Gasteiger charge is -2.20. The molecular formula is C13H21N3O. The zero-order chi connectivity index (χ0) is 12.8. The zero-order valence-electron chi connectivity index (χ0n) is 11.1. The fourth-order valence-corrected chi connectivity index (χ4v) is 1.75. The average Bonchev–Trinajstić information content (AvgIpc) is 2.31. The summed E-state index contributed by atoms with van der Waals surface area (Å²) in [5.74, 6) is 0.0402. The van der Waals surface area contributed by atoms with Crippen LogP contribution < -0.4 is 5.32 Å². The Hall–Kier alpha value is -1.58. The highest BCUT2D eigenvalue weighted by molar-refractivity contribution is 5.99. The molecule has 0 aliphatic heterocycles. The SMILES string of the molecule is CCNc1cc(C)ncc1C(=O)N(CC)CC. The maximum atomic E-state index is 12.3. The first-order valence-electron chi connectivity index (χ1n) is 6.13. The quantitative estimate of drug-likeness (QED) is 0.851. The number of hydrogen-bond donors (Lipinski definition) is 1. The van der Waals surface area contributed by atoms with E-state index in [1.165, 1.54) is 0 Å². The topological polar surface area (TPSA) is 45.2 Å². The highest BCUT2D eigenvalue weighted by Crippen LogP contribution is 2.17. The number of pyridine rings is 1. The van der Waals surface area contributed by atoms with Gasteiger partial charge in [0.15, 0.2) is 0 Å². The zero-order valence-corrected chi connectivity index (χ0v) is 11.1. The fraction of sp³-hybridized carbons (Fsp3) is 0.538. The third-order valence-corrected chi connectivity index (χ3v) is 2.69. The van der Waals surface area contributed by atoms with E-state index in [2.05, 4.69) is 10.3 Å². The van der Waals surface area contributed by atoms with E-state index in [9.17, 15) is 4.79 Å². The molecule has 1 aromatic rings. The smallest absolute Gasteiger partial charge is 0.257 e. The Morgan fingerprint density at radius 2 is 2.00 bits per heavy atom. The number of carbonyl (C=O) groups excluding carboxylic acids is 1. The van der Waals surface area contributed by atoms with Crippen LogP contribution in [0.25, 0.3) is 0 Å². The lowest BCUT2D eigenvalue weighted by molar-refractivity contribution is 0.0773. The minimum atomic E-state index is 0.0402. The highest BCUT2D eigenvalue weighted by atomic mass is 16.2. The Morgan fingerprint density at radius 1 is 1.35 bits per heavy atom. The summed E-state index contributed by atoms with van der Waals surface area (Å²) in [6.07, 6.45) is 1.66. The molecule has 0 radical (unpaired) electrons. The van der Waals surface area contributed by atoms with E-state index in [1.54, 1.807) is 11.1 Å². The number of nitrogens with zero attached hydrogens (tertiary/aromatic N) is 2. The van der Waals surface area contributed by atoms with Gasteiger partial charge in [-0.1, -0.05) is 0 Å². The summed E-state index contributed by atoms with van der Waals surface area (Å²) >= 11 is 0. The maximum Gasteiger partial charge on any atom is 0.257 e. The lowest BCUT2D eigenvalue weighted by Crippen LogP contribution is -2.31. The molecular weight excluding hydrogens is 214 g/mol. The molecule has 0 bridgehead atoms. The minimum absolute atomic E-state index is 0.0402. The van der Waals surface area contributed by atoms with Gasteiger partial charge in [-0.2, -0.15) is 0 Å². The number of anilines is 1. The number of amides is 1. The molecule has 4 nitrogen and oxygen atoms in total. The van der Waals surface area contributed by atoms with Crippen molar-refractivity contribution in [2.75, 3.05) is 25.0 Å². The number of rotatable bonds is 5. The first kappa shape index (κ1) is 13.5. The van der Waals surface area contributed by atoms with Crippen molar-refractivity contribution in [3.8, 4) is 0 Å². The van der Waals surface area contributed by atoms with Crippen molar-refractivity contribution < 1.29 is 4.79 Å². The minimum Gasteiger partial charge on any atom is -0.385 e. The van der Waals surface area contributed by atoms with Gasteiger partial charge in [0.2, 0.25) is 0 Å². The molecule has 0 saturated heterocycles. The first-order chi connectivity index (χ1) is 8.13. The summed E-state index contributed by atoms with van der Waals surface area (Å²) in [7, 11) is 0. The van der Waals surface area contributed by atoms with Gasteiger partial charge in [-0.25, -0.2) is 0 Å². The first-order valence-corrected chi connectivity index (χ1v) is 6.13. The molecule has 94 valence electrons. The summed E-state index contributed by atoms with van der Waals surface area (Å²) in [5.41, 5.74) is 2.44. The van der Waals surface area contributed by atoms with Crippen molar-refractivity contribution in [1.82, 2.24) is 9.88 Å². The van der Waals surface area contributed by atoms with Gasteiger partial charge >= 0.3 is 0 Å². The lowest BCUT2D eigenvalue weighted by atomic mass is 10.1. The van der Waals surface area contributed by atoms with Crippen molar-refractivity contribution in [2.24, 2.45) is 0 Å². The van der Waals surface area contributed by atoms with Crippen LogP contribution in [-0.4, -0.2) is 35.4 Å². The van der Waals surface area contributed by atoms with Crippen LogP contribution in [0.4, 0.5) is 5.69 Å². The number of carbonyl (C=O) groups is 1. The molecule has 0 saturated carbocycles. The van der Waals surface area contributed by atoms with E-state index in [0.717, 1.165) is 31.0 Å². The normalized spacial score (nSPS) is 10.1. The van der Waals surface area contributed by atoms with E-state index in [-0.39, 0.29) is 5.91 Å². The van der Waals surface area contributed by atoms with E-state index in [1.807, 2.05) is 33.8 Å². The van der Waals surface area contributed by atoms with Crippen LogP contribution in [0.15, 0.2) is 12.3 Å². The van der Waals surface area contributed by atoms with E-state index < -0.39 is 0 Å². The fourth-order valence-electron chi connectivity index (χ4n) is 1.75. The number of aryl methyl sites for hydroxylation is 1. The van der Waals surface area contributed by atoms with Crippen molar-refractivity contribution in [2.45, 2.75) is 27.7 Å². The molecule has 4 heteroatoms. The van der Waals surface area contributed by atoms with Gasteiger partial charge in [-0.3, -0.25) is 9.78 Å². The van der Waals surface area contributed by atoms with Gasteiger partial charge in [0.25, 0.3) is 5.91 Å². The van der Waals surface area contributed by atoms with Gasteiger partial charge in [0.1, 0.15) is 0 Å². The van der Waals surface area contributed by atoms with Gasteiger partial charge in [0, 0.05) is 31.5 Å². The standard InChI is InChI=1S/C13H21N3O/c1-5-14-12-8-10(4)15-9-11(12)13(17)16(6-2)7-3/h8-9H,5-7H2,1-4H3,(H,14,15). The van der Waals surface area contributed by atoms with Crippen LogP contribution in [0.1, 0.15) is 36.8 Å². The Balaban J connectivity index is 3.07. The number of aromatic nitrogens is 1. The molecule has 0 atom stereocenters. The Morgan fingerprint density at radius 3 is 2.53 bits per heavy atom. The molecule has 1 aromatic heterocycles. The van der Waals surface area contributed by atoms with E-state index in [4.69, 9.17) is 0 Å². The summed E-state index contributed by atoms with van der Waals surface area (Å²) < 4.78 is 0. The molecule has 1 N–H and O–H groups in total. The van der Waals surface area contributed by atoms with Crippen LogP contribution in [0.2, 0.25) is 0 Å². The maximum absolute atomic E-state index is 12.3. The molecule has 17 heavy (non-hydrogen) atoms. The molecule has 1 amide bonds. The van der Waals surface area contributed by atoms with Crippen molar-refractivity contribution in [3.63, 3.8) is 0 Å². The van der Waals surface area contributed by atoms with Crippen LogP contribution in [0, 0.1) is 6.92 Å². The molecule has 0 fully saturated rings. The second-order valence-electron chi connectivity index (χ2n) is 3.88. The molecule has 1 heterocycles. The van der Waals surface area contributed by atoms with Crippen LogP contribution >= 0.6 is 0 Å². The third-order valence-electron chi connectivity index (χ3n) is 2.69. The highest BCUT2D eigenvalue weighted by Gasteiger charge is 2.16. The van der Waals surface area contributed by atoms with Crippen LogP contribution in [0.3, 0.4) is 0 Å². The van der Waals surface area contributed by atoms with Crippen LogP contribution in [-0.2, 0) is 0 Å². The van der Waals surface area contributed by atoms with Crippen molar-refractivity contribution in [3.05, 3.63) is 23.5 Å². The summed E-state index contributed by atoms with van der Waals surface area (Å²) in [6, 6.07) is 1.92. The van der Waals surface area contributed by atoms with Gasteiger partial charge < -0.3 is 10.2 Å². The Labute approximate surface area is 103 Å². The van der Waals surface area contributed by atoms with Gasteiger partial charge in [0.05, 0.1) is 11.3 Å². The Kier molecular flexibility index (Phi) is 4.94. The predicted octanol–water partition coefficient (Wildman–Crippen LogP) is 2.30. The predicted molar refractivity (Wildman–Crippen MR) is 70.4 cm³/mol. The molecule has 1 rings (SSSR count). The molecule has 0 unspecified atom stereocenters. The van der Waals surface area contributed by atoms with Crippen molar-refractivity contribution in [1.29, 1.82) is 0 Å². The van der Waals surface area contributed by atoms with E-state index in [0.29, 0.717) is 5.56 Å². The molecule has 0 spiro atoms. The van der Waals surface area contributed by atoms with Crippen molar-refractivity contribution >= 4 is 11.6 Å². The molecule has 0 aliphatic carbocycles. The second-order valence-corrected chi connectivity index (χ2v) is 3.88. The molecule has 0 aromatic carbocycles. The van der Waals surface area contributed by atoms with E-state index >= 15 is 0 Å². The summed E-state index contributed by atoms with van der Waals surface area (Å²) in [6.45, 7) is 10.1. The van der Waals surface area contributed by atoms with Gasteiger partial charge in [-0.05, 0) is 33.8 Å². The summed E-state index contributed by atoms with van der Waals surface area (Å²) in [4.78, 5) is 18.3. The third kappa shape index (κ3) is 3.19. The largest absolute Gasteiger partial charge is 0.385 e. The average molecular weight is 235 g/mol. The monoisotopic (exact) mass is 235 g/mol. The number of hydrogen-bond acceptors (Lipinski definition) is 3. The number of nitrogens with one attached hydrogen (secondary N) is 1. The van der Waals surface area contributed by atoms with Crippen LogP contribution in [0.5, 0.6) is 0 Å². The van der Waals surface area contributed by atoms with Gasteiger partial charge in [-0.15, -0.1) is 0 Å². The summed E-state index contributed by atoms with van der Waals surface area (Å²) in [5, 5.41) is 3.21.